The van der Waals surface area contributed by atoms with Gasteiger partial charge in [0.2, 0.25) is 5.95 Å². The van der Waals surface area contributed by atoms with E-state index in [1.54, 1.807) is 42.7 Å². The Hall–Kier alpha value is -3.71. The van der Waals surface area contributed by atoms with Gasteiger partial charge in [-0.3, -0.25) is 9.78 Å². The lowest BCUT2D eigenvalue weighted by atomic mass is 10.2. The van der Waals surface area contributed by atoms with E-state index in [0.29, 0.717) is 40.2 Å². The van der Waals surface area contributed by atoms with Crippen LogP contribution in [0.1, 0.15) is 15.9 Å². The van der Waals surface area contributed by atoms with Gasteiger partial charge < -0.3 is 10.1 Å². The zero-order valence-electron chi connectivity index (χ0n) is 16.1. The van der Waals surface area contributed by atoms with E-state index in [-0.39, 0.29) is 5.91 Å². The maximum Gasteiger partial charge on any atom is 0.285 e. The van der Waals surface area contributed by atoms with Gasteiger partial charge in [-0.2, -0.15) is 9.67 Å². The molecule has 2 heterocycles. The summed E-state index contributed by atoms with van der Waals surface area (Å²) in [6.45, 7) is 0.446. The van der Waals surface area contributed by atoms with E-state index in [1.807, 2.05) is 30.3 Å². The van der Waals surface area contributed by atoms with E-state index in [4.69, 9.17) is 16.3 Å². The van der Waals surface area contributed by atoms with Crippen molar-refractivity contribution in [2.24, 2.45) is 0 Å². The number of benzene rings is 2. The van der Waals surface area contributed by atoms with E-state index < -0.39 is 0 Å². The molecule has 0 aliphatic rings. The number of para-hydroxylation sites is 1. The van der Waals surface area contributed by atoms with E-state index in [9.17, 15) is 4.79 Å². The van der Waals surface area contributed by atoms with Crippen molar-refractivity contribution in [1.29, 1.82) is 0 Å². The largest absolute Gasteiger partial charge is 0.496 e. The number of hydrogen-bond acceptors (Lipinski definition) is 6. The second-order valence-electron chi connectivity index (χ2n) is 6.40. The normalized spacial score (nSPS) is 10.6. The third-order valence-corrected chi connectivity index (χ3v) is 4.67. The summed E-state index contributed by atoms with van der Waals surface area (Å²) in [4.78, 5) is 21.9. The lowest BCUT2D eigenvalue weighted by Crippen LogP contribution is -2.18. The van der Waals surface area contributed by atoms with Crippen LogP contribution in [-0.4, -0.2) is 32.8 Å². The molecule has 0 saturated carbocycles. The third-order valence-electron chi connectivity index (χ3n) is 4.42. The summed E-state index contributed by atoms with van der Waals surface area (Å²) < 4.78 is 6.58. The van der Waals surface area contributed by atoms with Crippen molar-refractivity contribution in [2.45, 2.75) is 6.54 Å². The number of carbonyl (C=O) groups is 1. The lowest BCUT2D eigenvalue weighted by molar-refractivity contribution is 0.0944. The van der Waals surface area contributed by atoms with Gasteiger partial charge >= 0.3 is 0 Å². The number of ether oxygens (including phenoxy) is 1. The Bertz CT molecular complexity index is 1160. The molecule has 4 rings (SSSR count). The molecular formula is C22H18ClN5O2. The Labute approximate surface area is 178 Å². The van der Waals surface area contributed by atoms with E-state index in [1.165, 1.54) is 11.8 Å². The highest BCUT2D eigenvalue weighted by molar-refractivity contribution is 6.30. The van der Waals surface area contributed by atoms with Gasteiger partial charge in [-0.05, 0) is 42.0 Å². The van der Waals surface area contributed by atoms with Gasteiger partial charge in [-0.1, -0.05) is 35.9 Å². The molecule has 7 nitrogen and oxygen atoms in total. The monoisotopic (exact) mass is 419 g/mol. The number of carbonyl (C=O) groups excluding carboxylic acids is 1. The van der Waals surface area contributed by atoms with Crippen LogP contribution in [0, 0.1) is 0 Å². The molecule has 0 saturated heterocycles. The smallest absolute Gasteiger partial charge is 0.285 e. The molecule has 4 aromatic rings. The minimum atomic E-state index is -0.353. The first-order chi connectivity index (χ1) is 14.7. The number of aromatic nitrogens is 4. The summed E-state index contributed by atoms with van der Waals surface area (Å²) >= 11 is 5.95. The topological polar surface area (TPSA) is 81.9 Å². The van der Waals surface area contributed by atoms with Gasteiger partial charge in [-0.25, -0.2) is 0 Å². The molecule has 0 unspecified atom stereocenters. The van der Waals surface area contributed by atoms with E-state index >= 15 is 0 Å². The molecule has 0 aliphatic carbocycles. The van der Waals surface area contributed by atoms with Crippen LogP contribution >= 0.6 is 11.6 Å². The molecule has 0 spiro atoms. The second kappa shape index (κ2) is 8.75. The molecule has 0 aliphatic heterocycles. The Morgan fingerprint density at radius 1 is 1.10 bits per heavy atom. The predicted molar refractivity (Wildman–Crippen MR) is 115 cm³/mol. The maximum atomic E-state index is 13.3. The number of nitrogens with one attached hydrogen (secondary N) is 1. The molecule has 30 heavy (non-hydrogen) atoms. The molecule has 0 radical (unpaired) electrons. The Morgan fingerprint density at radius 3 is 2.63 bits per heavy atom. The maximum absolute atomic E-state index is 13.3. The molecule has 8 heteroatoms. The van der Waals surface area contributed by atoms with Crippen LogP contribution in [0.15, 0.2) is 73.1 Å². The number of pyridine rings is 1. The zero-order valence-corrected chi connectivity index (χ0v) is 16.9. The Balaban J connectivity index is 1.70. The molecular weight excluding hydrogens is 402 g/mol. The van der Waals surface area contributed by atoms with Crippen molar-refractivity contribution in [2.75, 3.05) is 12.4 Å². The summed E-state index contributed by atoms with van der Waals surface area (Å²) in [5, 5.41) is 8.29. The number of anilines is 1. The number of hydrogen-bond donors (Lipinski definition) is 1. The number of rotatable bonds is 6. The summed E-state index contributed by atoms with van der Waals surface area (Å²) in [5.41, 5.74) is 2.08. The number of nitrogens with zero attached hydrogens (tertiary/aromatic N) is 4. The average molecular weight is 420 g/mol. The van der Waals surface area contributed by atoms with E-state index in [0.717, 1.165) is 5.56 Å². The average Bonchev–Trinajstić information content (AvgIpc) is 3.23. The highest BCUT2D eigenvalue weighted by Crippen LogP contribution is 2.23. The summed E-state index contributed by atoms with van der Waals surface area (Å²) in [6, 6.07) is 18.0. The standard InChI is InChI=1S/C22H18ClN5O2/c1-30-19-7-3-2-6-18(19)21(29)28-22(25-13-15-8-10-17(23)11-9-15)26-20(27-28)16-5-4-12-24-14-16/h2-12,14H,13H2,1H3,(H,25,26,27). The van der Waals surface area contributed by atoms with Crippen LogP contribution in [0.4, 0.5) is 5.95 Å². The van der Waals surface area contributed by atoms with Gasteiger partial charge in [0.25, 0.3) is 5.91 Å². The van der Waals surface area contributed by atoms with Gasteiger partial charge in [0, 0.05) is 29.5 Å². The van der Waals surface area contributed by atoms with Crippen molar-refractivity contribution >= 4 is 23.5 Å². The number of methoxy groups -OCH3 is 1. The molecule has 0 bridgehead atoms. The lowest BCUT2D eigenvalue weighted by Gasteiger charge is -2.10. The van der Waals surface area contributed by atoms with Crippen LogP contribution in [0.5, 0.6) is 5.75 Å². The third kappa shape index (κ3) is 4.16. The van der Waals surface area contributed by atoms with Crippen LogP contribution < -0.4 is 10.1 Å². The summed E-state index contributed by atoms with van der Waals surface area (Å²) in [5.74, 6) is 0.822. The molecule has 150 valence electrons. The first-order valence-corrected chi connectivity index (χ1v) is 9.57. The zero-order chi connectivity index (χ0) is 20.9. The van der Waals surface area contributed by atoms with Crippen molar-refractivity contribution in [3.8, 4) is 17.1 Å². The highest BCUT2D eigenvalue weighted by atomic mass is 35.5. The molecule has 0 fully saturated rings. The predicted octanol–water partition coefficient (Wildman–Crippen LogP) is 4.30. The van der Waals surface area contributed by atoms with Crippen LogP contribution in [0.3, 0.4) is 0 Å². The second-order valence-corrected chi connectivity index (χ2v) is 6.83. The van der Waals surface area contributed by atoms with E-state index in [2.05, 4.69) is 20.4 Å². The van der Waals surface area contributed by atoms with Crippen molar-refractivity contribution in [1.82, 2.24) is 19.7 Å². The molecule has 1 N–H and O–H groups in total. The first-order valence-electron chi connectivity index (χ1n) is 9.19. The molecule has 0 atom stereocenters. The van der Waals surface area contributed by atoms with Crippen molar-refractivity contribution < 1.29 is 9.53 Å². The fourth-order valence-electron chi connectivity index (χ4n) is 2.90. The Morgan fingerprint density at radius 2 is 1.90 bits per heavy atom. The molecule has 0 amide bonds. The minimum Gasteiger partial charge on any atom is -0.496 e. The fourth-order valence-corrected chi connectivity index (χ4v) is 3.03. The summed E-state index contributed by atoms with van der Waals surface area (Å²) in [6.07, 6.45) is 3.32. The first kappa shape index (κ1) is 19.6. The minimum absolute atomic E-state index is 0.319. The SMILES string of the molecule is COc1ccccc1C(=O)n1nc(-c2cccnc2)nc1NCc1ccc(Cl)cc1. The van der Waals surface area contributed by atoms with Crippen LogP contribution in [0.25, 0.3) is 11.4 Å². The highest BCUT2D eigenvalue weighted by Gasteiger charge is 2.21. The van der Waals surface area contributed by atoms with Crippen LogP contribution in [-0.2, 0) is 6.54 Å². The molecule has 2 aromatic carbocycles. The van der Waals surface area contributed by atoms with Gasteiger partial charge in [0.1, 0.15) is 5.75 Å². The Kier molecular flexibility index (Phi) is 5.72. The van der Waals surface area contributed by atoms with Crippen molar-refractivity contribution in [3.63, 3.8) is 0 Å². The van der Waals surface area contributed by atoms with Crippen LogP contribution in [0.2, 0.25) is 5.02 Å². The fraction of sp³-hybridized carbons (Fsp3) is 0.0909. The summed E-state index contributed by atoms with van der Waals surface area (Å²) in [7, 11) is 1.52. The van der Waals surface area contributed by atoms with Gasteiger partial charge in [0.05, 0.1) is 12.7 Å². The quantitative estimate of drug-likeness (QED) is 0.501. The van der Waals surface area contributed by atoms with Crippen molar-refractivity contribution in [3.05, 3.63) is 89.2 Å². The van der Waals surface area contributed by atoms with Gasteiger partial charge in [0.15, 0.2) is 5.82 Å². The number of halogens is 1. The molecule has 2 aromatic heterocycles. The van der Waals surface area contributed by atoms with Gasteiger partial charge in [-0.15, -0.1) is 5.10 Å².